The van der Waals surface area contributed by atoms with Crippen LogP contribution in [0.15, 0.2) is 29.2 Å². The number of nitrogens with zero attached hydrogens (tertiary/aromatic N) is 1. The molecule has 132 valence electrons. The Hall–Kier alpha value is -2.13. The van der Waals surface area contributed by atoms with Crippen molar-refractivity contribution in [3.63, 3.8) is 0 Å². The molecular weight excluding hydrogens is 334 g/mol. The molecule has 2 rings (SSSR count). The lowest BCUT2D eigenvalue weighted by Gasteiger charge is -2.17. The summed E-state index contributed by atoms with van der Waals surface area (Å²) >= 11 is 0. The van der Waals surface area contributed by atoms with Crippen molar-refractivity contribution in [1.29, 1.82) is 0 Å². The number of carbonyl (C=O) groups excluding carboxylic acids is 1. The van der Waals surface area contributed by atoms with Crippen LogP contribution < -0.4 is 10.0 Å². The van der Waals surface area contributed by atoms with Gasteiger partial charge >= 0.3 is 12.0 Å². The summed E-state index contributed by atoms with van der Waals surface area (Å²) in [6.45, 7) is 2.79. The fourth-order valence-electron chi connectivity index (χ4n) is 2.39. The van der Waals surface area contributed by atoms with Crippen molar-refractivity contribution in [1.82, 2.24) is 9.62 Å². The van der Waals surface area contributed by atoms with Gasteiger partial charge in [-0.2, -0.15) is 0 Å². The molecule has 0 aliphatic carbocycles. The van der Waals surface area contributed by atoms with Gasteiger partial charge in [0.25, 0.3) is 0 Å². The molecule has 8 nitrogen and oxygen atoms in total. The normalized spacial score (nSPS) is 17.7. The lowest BCUT2D eigenvalue weighted by molar-refractivity contribution is -0.141. The highest BCUT2D eigenvalue weighted by atomic mass is 32.2. The minimum absolute atomic E-state index is 0.126. The number of likely N-dealkylation sites (tertiary alicyclic amines) is 1. The van der Waals surface area contributed by atoms with Crippen LogP contribution in [0.4, 0.5) is 10.5 Å². The number of hydrogen-bond acceptors (Lipinski definition) is 4. The molecule has 0 aromatic heterocycles. The number of nitrogens with one attached hydrogen (secondary N) is 2. The highest BCUT2D eigenvalue weighted by Gasteiger charge is 2.30. The first-order valence-corrected chi connectivity index (χ1v) is 9.20. The second-order valence-corrected chi connectivity index (χ2v) is 7.39. The van der Waals surface area contributed by atoms with E-state index in [4.69, 9.17) is 5.11 Å². The Labute approximate surface area is 140 Å². The van der Waals surface area contributed by atoms with Gasteiger partial charge in [0, 0.05) is 25.3 Å². The SMILES string of the molecule is CCCNS(=O)(=O)c1ccc(NC(=O)N2CCC(C(=O)O)C2)cc1. The van der Waals surface area contributed by atoms with E-state index in [-0.39, 0.29) is 11.4 Å². The highest BCUT2D eigenvalue weighted by Crippen LogP contribution is 2.19. The molecule has 1 aliphatic heterocycles. The van der Waals surface area contributed by atoms with E-state index in [2.05, 4.69) is 10.0 Å². The smallest absolute Gasteiger partial charge is 0.321 e. The van der Waals surface area contributed by atoms with Gasteiger partial charge in [-0.15, -0.1) is 0 Å². The Morgan fingerprint density at radius 3 is 2.50 bits per heavy atom. The largest absolute Gasteiger partial charge is 0.481 e. The Kier molecular flexibility index (Phi) is 5.79. The fourth-order valence-corrected chi connectivity index (χ4v) is 3.52. The van der Waals surface area contributed by atoms with Gasteiger partial charge in [0.05, 0.1) is 10.8 Å². The van der Waals surface area contributed by atoms with Gasteiger partial charge in [0.1, 0.15) is 0 Å². The number of aliphatic carboxylic acids is 1. The number of carbonyl (C=O) groups is 2. The second-order valence-electron chi connectivity index (χ2n) is 5.62. The first-order chi connectivity index (χ1) is 11.3. The molecule has 0 bridgehead atoms. The van der Waals surface area contributed by atoms with E-state index in [1.807, 2.05) is 6.92 Å². The van der Waals surface area contributed by atoms with Crippen molar-refractivity contribution in [2.24, 2.45) is 5.92 Å². The molecule has 1 heterocycles. The van der Waals surface area contributed by atoms with Crippen molar-refractivity contribution in [3.8, 4) is 0 Å². The van der Waals surface area contributed by atoms with Crippen LogP contribution in [0.1, 0.15) is 19.8 Å². The molecular formula is C15H21N3O5S. The first kappa shape index (κ1) is 18.2. The minimum atomic E-state index is -3.54. The number of benzene rings is 1. The number of amides is 2. The maximum Gasteiger partial charge on any atom is 0.321 e. The maximum absolute atomic E-state index is 12.1. The Bertz CT molecular complexity index is 702. The molecule has 1 atom stereocenters. The van der Waals surface area contributed by atoms with E-state index in [0.29, 0.717) is 31.6 Å². The molecule has 0 spiro atoms. The molecule has 0 radical (unpaired) electrons. The average molecular weight is 355 g/mol. The fraction of sp³-hybridized carbons (Fsp3) is 0.467. The van der Waals surface area contributed by atoms with Crippen molar-refractivity contribution in [2.45, 2.75) is 24.7 Å². The molecule has 24 heavy (non-hydrogen) atoms. The summed E-state index contributed by atoms with van der Waals surface area (Å²) in [6.07, 6.45) is 1.13. The van der Waals surface area contributed by atoms with Gasteiger partial charge in [-0.1, -0.05) is 6.92 Å². The summed E-state index contributed by atoms with van der Waals surface area (Å²) in [6, 6.07) is 5.44. The minimum Gasteiger partial charge on any atom is -0.481 e. The zero-order valence-corrected chi connectivity index (χ0v) is 14.2. The lowest BCUT2D eigenvalue weighted by Crippen LogP contribution is -2.33. The van der Waals surface area contributed by atoms with Crippen LogP contribution in [0.5, 0.6) is 0 Å². The van der Waals surface area contributed by atoms with E-state index < -0.39 is 27.9 Å². The van der Waals surface area contributed by atoms with Crippen LogP contribution in [-0.4, -0.2) is 50.1 Å². The molecule has 2 amide bonds. The first-order valence-electron chi connectivity index (χ1n) is 7.72. The van der Waals surface area contributed by atoms with E-state index in [9.17, 15) is 18.0 Å². The summed E-state index contributed by atoms with van der Waals surface area (Å²) in [4.78, 5) is 24.6. The molecule has 1 aliphatic rings. The molecule has 1 aromatic rings. The number of anilines is 1. The Morgan fingerprint density at radius 2 is 1.96 bits per heavy atom. The summed E-state index contributed by atoms with van der Waals surface area (Å²) in [5, 5.41) is 11.6. The number of hydrogen-bond donors (Lipinski definition) is 3. The molecule has 1 aromatic carbocycles. The van der Waals surface area contributed by atoms with Gasteiger partial charge < -0.3 is 15.3 Å². The van der Waals surface area contributed by atoms with Crippen molar-refractivity contribution in [2.75, 3.05) is 25.0 Å². The van der Waals surface area contributed by atoms with Crippen molar-refractivity contribution < 1.29 is 23.1 Å². The second kappa shape index (κ2) is 7.63. The Balaban J connectivity index is 1.97. The summed E-state index contributed by atoms with van der Waals surface area (Å²) in [5.74, 6) is -1.44. The van der Waals surface area contributed by atoms with Crippen LogP contribution in [-0.2, 0) is 14.8 Å². The average Bonchev–Trinajstić information content (AvgIpc) is 3.04. The van der Waals surface area contributed by atoms with E-state index >= 15 is 0 Å². The van der Waals surface area contributed by atoms with Crippen LogP contribution in [0, 0.1) is 5.92 Å². The molecule has 9 heteroatoms. The molecule has 1 saturated heterocycles. The third kappa shape index (κ3) is 4.45. The monoisotopic (exact) mass is 355 g/mol. The van der Waals surface area contributed by atoms with Gasteiger partial charge in [0.15, 0.2) is 0 Å². The maximum atomic E-state index is 12.1. The van der Waals surface area contributed by atoms with Crippen LogP contribution >= 0.6 is 0 Å². The van der Waals surface area contributed by atoms with E-state index in [0.717, 1.165) is 0 Å². The molecule has 1 unspecified atom stereocenters. The number of carboxylic acid groups (broad SMARTS) is 1. The number of sulfonamides is 1. The third-order valence-electron chi connectivity index (χ3n) is 3.78. The number of carboxylic acids is 1. The zero-order chi connectivity index (χ0) is 17.7. The molecule has 0 saturated carbocycles. The number of urea groups is 1. The Morgan fingerprint density at radius 1 is 1.29 bits per heavy atom. The van der Waals surface area contributed by atoms with E-state index in [1.54, 1.807) is 0 Å². The summed E-state index contributed by atoms with van der Waals surface area (Å²) in [5.41, 5.74) is 0.452. The predicted octanol–water partition coefficient (Wildman–Crippen LogP) is 1.31. The summed E-state index contributed by atoms with van der Waals surface area (Å²) < 4.78 is 26.4. The van der Waals surface area contributed by atoms with Crippen LogP contribution in [0.2, 0.25) is 0 Å². The zero-order valence-electron chi connectivity index (χ0n) is 13.4. The van der Waals surface area contributed by atoms with Crippen molar-refractivity contribution in [3.05, 3.63) is 24.3 Å². The quantitative estimate of drug-likeness (QED) is 0.711. The molecule has 1 fully saturated rings. The highest BCUT2D eigenvalue weighted by molar-refractivity contribution is 7.89. The van der Waals surface area contributed by atoms with Crippen LogP contribution in [0.25, 0.3) is 0 Å². The third-order valence-corrected chi connectivity index (χ3v) is 5.26. The lowest BCUT2D eigenvalue weighted by atomic mass is 10.1. The van der Waals surface area contributed by atoms with Gasteiger partial charge in [-0.25, -0.2) is 17.9 Å². The van der Waals surface area contributed by atoms with E-state index in [1.165, 1.54) is 29.2 Å². The van der Waals surface area contributed by atoms with Crippen molar-refractivity contribution >= 4 is 27.7 Å². The van der Waals surface area contributed by atoms with Gasteiger partial charge in [-0.05, 0) is 37.1 Å². The van der Waals surface area contributed by atoms with Gasteiger partial charge in [-0.3, -0.25) is 4.79 Å². The standard InChI is InChI=1S/C15H21N3O5S/c1-2-8-16-24(22,23)13-5-3-12(4-6-13)17-15(21)18-9-7-11(10-18)14(19)20/h3-6,11,16H,2,7-10H2,1H3,(H,17,21)(H,19,20). The van der Waals surface area contributed by atoms with Crippen LogP contribution in [0.3, 0.4) is 0 Å². The topological polar surface area (TPSA) is 116 Å². The summed E-state index contributed by atoms with van der Waals surface area (Å²) in [7, 11) is -3.54. The molecule has 3 N–H and O–H groups in total. The van der Waals surface area contributed by atoms with Gasteiger partial charge in [0.2, 0.25) is 10.0 Å². The number of rotatable bonds is 6. The predicted molar refractivity (Wildman–Crippen MR) is 88.3 cm³/mol.